The lowest BCUT2D eigenvalue weighted by Crippen LogP contribution is -2.33. The van der Waals surface area contributed by atoms with Gasteiger partial charge >= 0.3 is 11.9 Å². The van der Waals surface area contributed by atoms with E-state index in [1.807, 2.05) is 0 Å². The van der Waals surface area contributed by atoms with Gasteiger partial charge in [0, 0.05) is 18.5 Å². The molecule has 0 saturated carbocycles. The number of benzene rings is 1. The number of hydrogen-bond acceptors (Lipinski definition) is 9. The highest BCUT2D eigenvalue weighted by Gasteiger charge is 2.39. The monoisotopic (exact) mass is 415 g/mol. The largest absolute Gasteiger partial charge is 0.460 e. The van der Waals surface area contributed by atoms with Crippen molar-refractivity contribution in [1.82, 2.24) is 15.6 Å². The number of carbonyl (C=O) groups excluding carboxylic acids is 2. The van der Waals surface area contributed by atoms with Crippen LogP contribution in [0.5, 0.6) is 0 Å². The molecule has 0 bridgehead atoms. The molecule has 0 aliphatic carbocycles. The minimum Gasteiger partial charge on any atom is -0.460 e. The molecule has 9 nitrogen and oxygen atoms in total. The van der Waals surface area contributed by atoms with Gasteiger partial charge in [0.25, 0.3) is 0 Å². The lowest BCUT2D eigenvalue weighted by molar-refractivity contribution is -0.143. The van der Waals surface area contributed by atoms with Crippen molar-refractivity contribution in [3.63, 3.8) is 0 Å². The molecule has 1 atom stereocenters. The van der Waals surface area contributed by atoms with Crippen molar-refractivity contribution in [2.75, 3.05) is 20.3 Å². The highest BCUT2D eigenvalue weighted by atomic mass is 16.6. The Morgan fingerprint density at radius 1 is 1.10 bits per heavy atom. The minimum atomic E-state index is -0.761. The Bertz CT molecular complexity index is 1020. The van der Waals surface area contributed by atoms with Gasteiger partial charge in [0.05, 0.1) is 29.8 Å². The maximum Gasteiger partial charge on any atom is 0.337 e. The fraction of sp³-hybridized carbons (Fsp3) is 0.429. The van der Waals surface area contributed by atoms with Crippen molar-refractivity contribution in [2.24, 2.45) is 0 Å². The van der Waals surface area contributed by atoms with Gasteiger partial charge in [-0.15, -0.1) is 0 Å². The highest BCUT2D eigenvalue weighted by molar-refractivity contribution is 6.01. The lowest BCUT2D eigenvalue weighted by Gasteiger charge is -2.30. The summed E-state index contributed by atoms with van der Waals surface area (Å²) in [6, 6.07) is 5.30. The van der Waals surface area contributed by atoms with E-state index in [9.17, 15) is 9.59 Å². The molecule has 0 fully saturated rings. The summed E-state index contributed by atoms with van der Waals surface area (Å²) in [5.74, 6) is -1.84. The van der Waals surface area contributed by atoms with Crippen LogP contribution in [0.15, 0.2) is 45.4 Å². The first-order chi connectivity index (χ1) is 14.3. The molecule has 1 aliphatic heterocycles. The van der Waals surface area contributed by atoms with Crippen LogP contribution in [0.2, 0.25) is 0 Å². The number of esters is 2. The summed E-state index contributed by atoms with van der Waals surface area (Å²) in [6.07, 6.45) is -0.327. The van der Waals surface area contributed by atoms with E-state index in [1.54, 1.807) is 45.9 Å². The van der Waals surface area contributed by atoms with Crippen LogP contribution in [0.3, 0.4) is 0 Å². The van der Waals surface area contributed by atoms with Crippen molar-refractivity contribution in [3.8, 4) is 0 Å². The zero-order chi connectivity index (χ0) is 21.8. The van der Waals surface area contributed by atoms with Crippen molar-refractivity contribution in [3.05, 3.63) is 46.3 Å². The summed E-state index contributed by atoms with van der Waals surface area (Å²) in [6.45, 7) is 7.40. The molecule has 9 heteroatoms. The second kappa shape index (κ2) is 9.08. The first kappa shape index (κ1) is 21.5. The highest BCUT2D eigenvalue weighted by Crippen LogP contribution is 2.41. The normalized spacial score (nSPS) is 16.8. The Balaban J connectivity index is 2.15. The number of nitrogens with zero attached hydrogens (tertiary/aromatic N) is 2. The van der Waals surface area contributed by atoms with Crippen LogP contribution < -0.4 is 5.32 Å². The Kier molecular flexibility index (Phi) is 6.51. The molecule has 2 aromatic rings. The zero-order valence-electron chi connectivity index (χ0n) is 17.6. The van der Waals surface area contributed by atoms with Gasteiger partial charge in [-0.05, 0) is 49.6 Å². The molecule has 0 radical (unpaired) electrons. The number of rotatable bonds is 7. The third kappa shape index (κ3) is 4.20. The van der Waals surface area contributed by atoms with Gasteiger partial charge in [0.2, 0.25) is 0 Å². The fourth-order valence-corrected chi connectivity index (χ4v) is 3.48. The molecular formula is C21H25N3O6. The van der Waals surface area contributed by atoms with Crippen LogP contribution in [-0.2, 0) is 23.8 Å². The van der Waals surface area contributed by atoms with E-state index in [0.717, 1.165) is 0 Å². The molecular weight excluding hydrogens is 390 g/mol. The van der Waals surface area contributed by atoms with Crippen molar-refractivity contribution in [1.29, 1.82) is 0 Å². The van der Waals surface area contributed by atoms with Gasteiger partial charge in [0.15, 0.2) is 0 Å². The summed E-state index contributed by atoms with van der Waals surface area (Å²) in [7, 11) is 1.52. The predicted octanol–water partition coefficient (Wildman–Crippen LogP) is 2.60. The number of hydrogen-bond donors (Lipinski definition) is 1. The topological polar surface area (TPSA) is 113 Å². The van der Waals surface area contributed by atoms with Crippen LogP contribution in [0, 0.1) is 0 Å². The lowest BCUT2D eigenvalue weighted by atomic mass is 9.80. The molecule has 160 valence electrons. The first-order valence-corrected chi connectivity index (χ1v) is 9.61. The number of fused-ring (bicyclic) bond motifs is 1. The molecule has 1 aliphatic rings. The van der Waals surface area contributed by atoms with Crippen LogP contribution in [-0.4, -0.2) is 48.7 Å². The quantitative estimate of drug-likeness (QED) is 0.538. The van der Waals surface area contributed by atoms with Gasteiger partial charge in [0.1, 0.15) is 17.6 Å². The molecule has 0 saturated heterocycles. The Hall–Kier alpha value is -3.20. The molecule has 1 N–H and O–H groups in total. The number of ether oxygens (including phenoxy) is 3. The molecule has 1 aromatic heterocycles. The average molecular weight is 415 g/mol. The molecule has 30 heavy (non-hydrogen) atoms. The summed E-state index contributed by atoms with van der Waals surface area (Å²) >= 11 is 0. The van der Waals surface area contributed by atoms with Crippen LogP contribution in [0.4, 0.5) is 0 Å². The van der Waals surface area contributed by atoms with Crippen molar-refractivity contribution in [2.45, 2.75) is 39.7 Å². The number of carbonyl (C=O) groups is 2. The number of methoxy groups -OCH3 is 1. The van der Waals surface area contributed by atoms with Crippen LogP contribution in [0.25, 0.3) is 11.0 Å². The third-order valence-electron chi connectivity index (χ3n) is 4.69. The summed E-state index contributed by atoms with van der Waals surface area (Å²) < 4.78 is 20.7. The maximum atomic E-state index is 13.0. The second-order valence-electron chi connectivity index (χ2n) is 7.20. The van der Waals surface area contributed by atoms with Gasteiger partial charge < -0.3 is 19.5 Å². The van der Waals surface area contributed by atoms with Crippen LogP contribution in [0.1, 0.15) is 39.2 Å². The minimum absolute atomic E-state index is 0.0863. The number of allylic oxidation sites excluding steroid dienone is 2. The number of dihydropyridines is 1. The Morgan fingerprint density at radius 3 is 2.47 bits per heavy atom. The van der Waals surface area contributed by atoms with E-state index in [1.165, 1.54) is 7.11 Å². The molecule has 0 amide bonds. The van der Waals surface area contributed by atoms with E-state index in [-0.39, 0.29) is 19.3 Å². The van der Waals surface area contributed by atoms with Gasteiger partial charge in [-0.25, -0.2) is 14.2 Å². The van der Waals surface area contributed by atoms with Crippen LogP contribution >= 0.6 is 0 Å². The Labute approximate surface area is 174 Å². The zero-order valence-corrected chi connectivity index (χ0v) is 17.6. The number of nitrogens with one attached hydrogen (secondary N) is 1. The third-order valence-corrected chi connectivity index (χ3v) is 4.69. The molecule has 3 rings (SSSR count). The van der Waals surface area contributed by atoms with Gasteiger partial charge in [-0.1, -0.05) is 12.1 Å². The van der Waals surface area contributed by atoms with Crippen molar-refractivity contribution >= 4 is 23.0 Å². The Morgan fingerprint density at radius 2 is 1.80 bits per heavy atom. The van der Waals surface area contributed by atoms with E-state index >= 15 is 0 Å². The first-order valence-electron chi connectivity index (χ1n) is 9.61. The molecule has 1 aromatic carbocycles. The summed E-state index contributed by atoms with van der Waals surface area (Å²) in [5, 5.41) is 11.0. The SMILES string of the molecule is COCCOC(=O)C1=C(C)NC(C)=C(C(=O)OC(C)C)C1c1cccc2nonc12. The predicted molar refractivity (Wildman–Crippen MR) is 107 cm³/mol. The van der Waals surface area contributed by atoms with E-state index < -0.39 is 17.9 Å². The molecule has 0 spiro atoms. The molecule has 2 heterocycles. The van der Waals surface area contributed by atoms with E-state index in [4.69, 9.17) is 18.8 Å². The van der Waals surface area contributed by atoms with Gasteiger partial charge in [-0.3, -0.25) is 0 Å². The van der Waals surface area contributed by atoms with Gasteiger partial charge in [-0.2, -0.15) is 0 Å². The van der Waals surface area contributed by atoms with Crippen molar-refractivity contribution < 1.29 is 28.4 Å². The van der Waals surface area contributed by atoms with E-state index in [0.29, 0.717) is 39.1 Å². The fourth-order valence-electron chi connectivity index (χ4n) is 3.48. The van der Waals surface area contributed by atoms with E-state index in [2.05, 4.69) is 15.6 Å². The number of aromatic nitrogens is 2. The molecule has 1 unspecified atom stereocenters. The summed E-state index contributed by atoms with van der Waals surface area (Å²) in [4.78, 5) is 26.1. The standard InChI is InChI=1S/C21H25N3O6/c1-11(2)29-21(26)17-13(4)22-12(3)16(20(25)28-10-9-27-5)18(17)14-7-6-8-15-19(14)24-30-23-15/h6-8,11,18,22H,9-10H2,1-5H3. The maximum absolute atomic E-state index is 13.0. The average Bonchev–Trinajstić information content (AvgIpc) is 3.15. The summed E-state index contributed by atoms with van der Waals surface area (Å²) in [5.41, 5.74) is 3.35. The second-order valence-corrected chi connectivity index (χ2v) is 7.20. The smallest absolute Gasteiger partial charge is 0.337 e.